The van der Waals surface area contributed by atoms with Gasteiger partial charge in [0.2, 0.25) is 12.7 Å². The van der Waals surface area contributed by atoms with Crippen LogP contribution in [0.3, 0.4) is 0 Å². The molecule has 1 N–H and O–H groups in total. The first-order valence-electron chi connectivity index (χ1n) is 11.4. The van der Waals surface area contributed by atoms with Crippen LogP contribution in [0.15, 0.2) is 23.1 Å². The van der Waals surface area contributed by atoms with Crippen LogP contribution in [0, 0.1) is 17.8 Å². The Morgan fingerprint density at radius 1 is 1.16 bits per heavy atom. The van der Waals surface area contributed by atoms with Gasteiger partial charge in [0.05, 0.1) is 4.91 Å². The number of rotatable bonds is 5. The molecule has 6 nitrogen and oxygen atoms in total. The van der Waals surface area contributed by atoms with Gasteiger partial charge in [-0.25, -0.2) is 0 Å². The molecule has 6 aliphatic rings. The van der Waals surface area contributed by atoms with E-state index in [0.29, 0.717) is 27.3 Å². The Hall–Kier alpha value is -2.06. The van der Waals surface area contributed by atoms with Gasteiger partial charge in [-0.2, -0.15) is 0 Å². The zero-order valence-electron chi connectivity index (χ0n) is 17.8. The van der Waals surface area contributed by atoms with Crippen LogP contribution < -0.4 is 14.8 Å². The van der Waals surface area contributed by atoms with Crippen molar-refractivity contribution in [3.8, 4) is 11.5 Å². The van der Waals surface area contributed by atoms with Gasteiger partial charge in [-0.05, 0) is 80.1 Å². The molecule has 2 amide bonds. The van der Waals surface area contributed by atoms with Crippen molar-refractivity contribution in [3.63, 3.8) is 0 Å². The average molecular weight is 471 g/mol. The van der Waals surface area contributed by atoms with Gasteiger partial charge in [-0.3, -0.25) is 14.5 Å². The first-order valence-corrected chi connectivity index (χ1v) is 12.6. The fraction of sp³-hybridized carbons (Fsp3) is 0.542. The molecule has 0 unspecified atom stereocenters. The van der Waals surface area contributed by atoms with Crippen LogP contribution in [0.2, 0.25) is 0 Å². The van der Waals surface area contributed by atoms with Crippen molar-refractivity contribution in [3.05, 3.63) is 28.7 Å². The van der Waals surface area contributed by atoms with Crippen LogP contribution in [-0.2, 0) is 9.59 Å². The number of benzene rings is 1. The number of ether oxygens (including phenoxy) is 2. The highest BCUT2D eigenvalue weighted by Crippen LogP contribution is 2.55. The number of carbonyl (C=O) groups excluding carboxylic acids is 2. The summed E-state index contributed by atoms with van der Waals surface area (Å²) in [4.78, 5) is 27.9. The Labute approximate surface area is 197 Å². The number of hydrogen-bond acceptors (Lipinski definition) is 6. The van der Waals surface area contributed by atoms with E-state index in [1.807, 2.05) is 24.3 Å². The molecule has 0 radical (unpaired) electrons. The highest BCUT2D eigenvalue weighted by Gasteiger charge is 2.51. The third-order valence-corrected chi connectivity index (χ3v) is 8.95. The number of nitrogens with one attached hydrogen (secondary N) is 1. The normalized spacial score (nSPS) is 33.4. The fourth-order valence-electron chi connectivity index (χ4n) is 6.68. The second-order valence-electron chi connectivity index (χ2n) is 9.94. The van der Waals surface area contributed by atoms with Crippen molar-refractivity contribution in [1.82, 2.24) is 10.2 Å². The van der Waals surface area contributed by atoms with E-state index in [1.54, 1.807) is 4.90 Å². The summed E-state index contributed by atoms with van der Waals surface area (Å²) in [5.74, 6) is 3.65. The predicted molar refractivity (Wildman–Crippen MR) is 126 cm³/mol. The maximum atomic E-state index is 12.9. The van der Waals surface area contributed by atoms with Gasteiger partial charge in [0.15, 0.2) is 11.5 Å². The van der Waals surface area contributed by atoms with Crippen LogP contribution in [0.1, 0.15) is 50.5 Å². The van der Waals surface area contributed by atoms with Crippen molar-refractivity contribution >= 4 is 46.2 Å². The topological polar surface area (TPSA) is 67.9 Å². The SMILES string of the molecule is O=C(CCN1C(=O)/C(=C\c2ccc3c(c2)OCO3)SC1=S)NC12CC3CC(CC(C3)C1)C2. The van der Waals surface area contributed by atoms with Crippen LogP contribution in [0.4, 0.5) is 0 Å². The van der Waals surface area contributed by atoms with E-state index in [4.69, 9.17) is 21.7 Å². The predicted octanol–water partition coefficient (Wildman–Crippen LogP) is 4.09. The lowest BCUT2D eigenvalue weighted by Crippen LogP contribution is -2.60. The minimum absolute atomic E-state index is 0.000523. The van der Waals surface area contributed by atoms with Gasteiger partial charge in [0.1, 0.15) is 4.32 Å². The fourth-order valence-corrected chi connectivity index (χ4v) is 7.99. The third-order valence-electron chi connectivity index (χ3n) is 7.57. The maximum absolute atomic E-state index is 12.9. The number of hydrogen-bond donors (Lipinski definition) is 1. The molecule has 2 heterocycles. The molecule has 1 saturated heterocycles. The monoisotopic (exact) mass is 470 g/mol. The number of thioether (sulfide) groups is 1. The molecule has 0 spiro atoms. The Bertz CT molecular complexity index is 1000. The Morgan fingerprint density at radius 3 is 2.56 bits per heavy atom. The van der Waals surface area contributed by atoms with Gasteiger partial charge in [0, 0.05) is 18.5 Å². The summed E-state index contributed by atoms with van der Waals surface area (Å²) in [7, 11) is 0. The first-order chi connectivity index (χ1) is 15.5. The highest BCUT2D eigenvalue weighted by atomic mass is 32.2. The van der Waals surface area contributed by atoms with Crippen molar-refractivity contribution in [2.45, 2.75) is 50.5 Å². The molecule has 1 aromatic rings. The van der Waals surface area contributed by atoms with Crippen molar-refractivity contribution < 1.29 is 19.1 Å². The molecule has 1 aromatic carbocycles. The molecule has 2 aliphatic heterocycles. The highest BCUT2D eigenvalue weighted by molar-refractivity contribution is 8.26. The van der Waals surface area contributed by atoms with Crippen LogP contribution in [0.25, 0.3) is 6.08 Å². The van der Waals surface area contributed by atoms with Gasteiger partial charge < -0.3 is 14.8 Å². The Kier molecular flexibility index (Phi) is 4.98. The van der Waals surface area contributed by atoms with Crippen LogP contribution >= 0.6 is 24.0 Å². The van der Waals surface area contributed by atoms with Crippen molar-refractivity contribution in [1.29, 1.82) is 0 Å². The molecular weight excluding hydrogens is 444 g/mol. The molecule has 4 saturated carbocycles. The number of amides is 2. The van der Waals surface area contributed by atoms with Gasteiger partial charge >= 0.3 is 0 Å². The van der Waals surface area contributed by atoms with Gasteiger partial charge in [-0.1, -0.05) is 30.0 Å². The summed E-state index contributed by atoms with van der Waals surface area (Å²) in [6.07, 6.45) is 9.53. The zero-order valence-corrected chi connectivity index (χ0v) is 19.4. The summed E-state index contributed by atoms with van der Waals surface area (Å²) >= 11 is 6.73. The summed E-state index contributed by atoms with van der Waals surface area (Å²) in [6, 6.07) is 5.58. The number of carbonyl (C=O) groups is 2. The Balaban J connectivity index is 1.08. The second-order valence-corrected chi connectivity index (χ2v) is 11.6. The number of fused-ring (bicyclic) bond motifs is 1. The average Bonchev–Trinajstić information content (AvgIpc) is 3.29. The molecule has 5 fully saturated rings. The molecule has 4 bridgehead atoms. The summed E-state index contributed by atoms with van der Waals surface area (Å²) < 4.78 is 11.3. The molecule has 4 aliphatic carbocycles. The van der Waals surface area contributed by atoms with Gasteiger partial charge in [-0.15, -0.1) is 0 Å². The van der Waals surface area contributed by atoms with Gasteiger partial charge in [0.25, 0.3) is 5.91 Å². The van der Waals surface area contributed by atoms with Crippen molar-refractivity contribution in [2.75, 3.05) is 13.3 Å². The summed E-state index contributed by atoms with van der Waals surface area (Å²) in [5, 5.41) is 3.39. The number of thiocarbonyl (C=S) groups is 1. The minimum atomic E-state index is -0.139. The zero-order chi connectivity index (χ0) is 21.9. The smallest absolute Gasteiger partial charge is 0.266 e. The largest absolute Gasteiger partial charge is 0.454 e. The van der Waals surface area contributed by atoms with Crippen LogP contribution in [-0.4, -0.2) is 39.9 Å². The maximum Gasteiger partial charge on any atom is 0.266 e. The lowest BCUT2D eigenvalue weighted by atomic mass is 9.53. The molecule has 0 atom stereocenters. The molecule has 0 aromatic heterocycles. The molecule has 8 heteroatoms. The van der Waals surface area contributed by atoms with E-state index in [1.165, 1.54) is 31.0 Å². The minimum Gasteiger partial charge on any atom is -0.454 e. The van der Waals surface area contributed by atoms with E-state index in [-0.39, 0.29) is 30.6 Å². The van der Waals surface area contributed by atoms with E-state index < -0.39 is 0 Å². The molecule has 32 heavy (non-hydrogen) atoms. The third kappa shape index (κ3) is 3.71. The van der Waals surface area contributed by atoms with E-state index in [0.717, 1.165) is 42.6 Å². The molecule has 7 rings (SSSR count). The lowest BCUT2D eigenvalue weighted by molar-refractivity contribution is -0.127. The summed E-state index contributed by atoms with van der Waals surface area (Å²) in [5.41, 5.74) is 0.856. The lowest BCUT2D eigenvalue weighted by Gasteiger charge is -2.57. The molecule has 168 valence electrons. The second kappa shape index (κ2) is 7.76. The Morgan fingerprint density at radius 2 is 1.84 bits per heavy atom. The first kappa shape index (κ1) is 20.5. The van der Waals surface area contributed by atoms with Crippen molar-refractivity contribution in [2.24, 2.45) is 17.8 Å². The van der Waals surface area contributed by atoms with Crippen LogP contribution in [0.5, 0.6) is 11.5 Å². The molecular formula is C24H26N2O4S2. The van der Waals surface area contributed by atoms with E-state index in [9.17, 15) is 9.59 Å². The van der Waals surface area contributed by atoms with E-state index in [2.05, 4.69) is 5.32 Å². The quantitative estimate of drug-likeness (QED) is 0.516. The number of nitrogens with zero attached hydrogens (tertiary/aromatic N) is 1. The van der Waals surface area contributed by atoms with E-state index >= 15 is 0 Å². The summed E-state index contributed by atoms with van der Waals surface area (Å²) in [6.45, 7) is 0.535. The standard InChI is InChI=1S/C24H26N2O4S2/c27-21(25-24-10-15-5-16(11-24)7-17(6-15)12-24)3-4-26-22(28)20(32-23(26)31)9-14-1-2-18-19(8-14)30-13-29-18/h1-2,8-9,15-17H,3-7,10-13H2,(H,25,27)/b20-9+.